The fraction of sp³-hybridized carbons (Fsp3) is 0.882. The molecule has 0 aromatic heterocycles. The van der Waals surface area contributed by atoms with Crippen molar-refractivity contribution in [3.05, 3.63) is 0 Å². The molecule has 0 aromatic rings. The molecule has 0 aliphatic rings. The van der Waals surface area contributed by atoms with Crippen LogP contribution in [0.1, 0.15) is 99.8 Å². The Labute approximate surface area is 136 Å². The van der Waals surface area contributed by atoms with Crippen LogP contribution in [0.2, 0.25) is 0 Å². The molecule has 0 fully saturated rings. The van der Waals surface area contributed by atoms with Crippen molar-refractivity contribution >= 4 is 23.9 Å². The standard InChI is InChI=1S/C5H8.3C4H10.Sn/c1-3-5-4-2;3*1-3-4-2;/h1H,4-5H2,2H3;3*3-4H2,1-2H3;. The van der Waals surface area contributed by atoms with E-state index >= 15 is 0 Å². The summed E-state index contributed by atoms with van der Waals surface area (Å²) in [5, 5.41) is 0. The molecule has 0 nitrogen and oxygen atoms in total. The molecule has 0 heterocycles. The Balaban J connectivity index is -0.0000000412. The Morgan fingerprint density at radius 1 is 0.556 bits per heavy atom. The number of unbranched alkanes of at least 4 members (excludes halogenated alkanes) is 4. The average molecular weight is 361 g/mol. The number of rotatable bonds is 4. The maximum atomic E-state index is 4.89. The van der Waals surface area contributed by atoms with Gasteiger partial charge in [0.05, 0.1) is 0 Å². The first-order chi connectivity index (χ1) is 8.16. The zero-order chi connectivity index (χ0) is 14.4. The Morgan fingerprint density at radius 3 is 0.778 bits per heavy atom. The summed E-state index contributed by atoms with van der Waals surface area (Å²) in [5.41, 5.74) is 0. The molecule has 0 aliphatic heterocycles. The monoisotopic (exact) mass is 362 g/mol. The minimum Gasteiger partial charge on any atom is -0.120 e. The van der Waals surface area contributed by atoms with Crippen LogP contribution in [0.4, 0.5) is 0 Å². The van der Waals surface area contributed by atoms with E-state index in [0.29, 0.717) is 0 Å². The van der Waals surface area contributed by atoms with E-state index in [4.69, 9.17) is 6.42 Å². The molecule has 0 unspecified atom stereocenters. The van der Waals surface area contributed by atoms with Gasteiger partial charge in [0.25, 0.3) is 0 Å². The predicted molar refractivity (Wildman–Crippen MR) is 91.2 cm³/mol. The molecule has 0 N–H and O–H groups in total. The van der Waals surface area contributed by atoms with Gasteiger partial charge in [0.2, 0.25) is 0 Å². The van der Waals surface area contributed by atoms with E-state index in [9.17, 15) is 0 Å². The van der Waals surface area contributed by atoms with Gasteiger partial charge >= 0.3 is 0 Å². The summed E-state index contributed by atoms with van der Waals surface area (Å²) in [4.78, 5) is 0. The van der Waals surface area contributed by atoms with E-state index in [1.807, 2.05) is 0 Å². The second kappa shape index (κ2) is 53.0. The Kier molecular flexibility index (Phi) is 91.3. The van der Waals surface area contributed by atoms with E-state index in [1.54, 1.807) is 0 Å². The smallest absolute Gasteiger partial charge is 0.00834 e. The molecule has 0 aromatic carbocycles. The Bertz CT molecular complexity index is 87.2. The molecule has 4 radical (unpaired) electrons. The quantitative estimate of drug-likeness (QED) is 0.398. The summed E-state index contributed by atoms with van der Waals surface area (Å²) in [7, 11) is 0. The molecular formula is C17H38Sn. The van der Waals surface area contributed by atoms with E-state index in [-0.39, 0.29) is 23.9 Å². The van der Waals surface area contributed by atoms with E-state index in [1.165, 1.54) is 38.5 Å². The molecule has 0 amide bonds. The molecule has 0 bridgehead atoms. The molecule has 1 heteroatoms. The molecular weight excluding hydrogens is 323 g/mol. The van der Waals surface area contributed by atoms with E-state index in [2.05, 4.69) is 54.4 Å². The van der Waals surface area contributed by atoms with Crippen LogP contribution in [0, 0.1) is 12.3 Å². The van der Waals surface area contributed by atoms with Crippen molar-refractivity contribution in [2.24, 2.45) is 0 Å². The summed E-state index contributed by atoms with van der Waals surface area (Å²) in [6, 6.07) is 0. The van der Waals surface area contributed by atoms with Crippen molar-refractivity contribution < 1.29 is 0 Å². The van der Waals surface area contributed by atoms with Gasteiger partial charge in [-0.1, -0.05) is 87.0 Å². The van der Waals surface area contributed by atoms with Crippen molar-refractivity contribution in [2.45, 2.75) is 99.8 Å². The number of hydrogen-bond acceptors (Lipinski definition) is 0. The minimum atomic E-state index is 0. The van der Waals surface area contributed by atoms with Crippen LogP contribution < -0.4 is 0 Å². The molecule has 0 saturated heterocycles. The van der Waals surface area contributed by atoms with Crippen LogP contribution in [0.25, 0.3) is 0 Å². The number of terminal acetylenes is 1. The second-order valence-electron chi connectivity index (χ2n) is 3.95. The van der Waals surface area contributed by atoms with Gasteiger partial charge in [-0.2, -0.15) is 0 Å². The third-order valence-electron chi connectivity index (χ3n) is 1.89. The second-order valence-corrected chi connectivity index (χ2v) is 3.95. The third kappa shape index (κ3) is 134. The molecule has 0 spiro atoms. The Hall–Kier alpha value is 0.359. The fourth-order valence-electron chi connectivity index (χ4n) is 0.144. The van der Waals surface area contributed by atoms with Crippen LogP contribution in [0.15, 0.2) is 0 Å². The van der Waals surface area contributed by atoms with Gasteiger partial charge in [0.15, 0.2) is 0 Å². The molecule has 0 saturated carbocycles. The SMILES string of the molecule is C#CCCC.CCCC.CCCC.CCCC.[Sn]. The van der Waals surface area contributed by atoms with Gasteiger partial charge in [0, 0.05) is 30.3 Å². The largest absolute Gasteiger partial charge is 0.120 e. The zero-order valence-corrected chi connectivity index (χ0v) is 17.1. The van der Waals surface area contributed by atoms with Gasteiger partial charge < -0.3 is 0 Å². The maximum Gasteiger partial charge on any atom is 0.00834 e. The van der Waals surface area contributed by atoms with Crippen molar-refractivity contribution in [1.29, 1.82) is 0 Å². The van der Waals surface area contributed by atoms with Crippen LogP contribution >= 0.6 is 0 Å². The first-order valence-electron chi connectivity index (χ1n) is 7.59. The van der Waals surface area contributed by atoms with Crippen LogP contribution in [-0.2, 0) is 0 Å². The molecule has 0 rings (SSSR count). The van der Waals surface area contributed by atoms with Crippen molar-refractivity contribution in [1.82, 2.24) is 0 Å². The summed E-state index contributed by atoms with van der Waals surface area (Å²) in [6.07, 6.45) is 14.8. The normalized spacial score (nSPS) is 6.78. The van der Waals surface area contributed by atoms with Gasteiger partial charge in [0.1, 0.15) is 0 Å². The van der Waals surface area contributed by atoms with Gasteiger partial charge in [-0.25, -0.2) is 0 Å². The van der Waals surface area contributed by atoms with Crippen LogP contribution in [-0.4, -0.2) is 23.9 Å². The zero-order valence-electron chi connectivity index (χ0n) is 14.2. The van der Waals surface area contributed by atoms with Gasteiger partial charge in [-0.3, -0.25) is 0 Å². The third-order valence-corrected chi connectivity index (χ3v) is 1.89. The van der Waals surface area contributed by atoms with Gasteiger partial charge in [-0.05, 0) is 6.42 Å². The topological polar surface area (TPSA) is 0 Å². The van der Waals surface area contributed by atoms with E-state index < -0.39 is 0 Å². The van der Waals surface area contributed by atoms with Crippen molar-refractivity contribution in [2.75, 3.05) is 0 Å². The number of hydrogen-bond donors (Lipinski definition) is 0. The van der Waals surface area contributed by atoms with Crippen LogP contribution in [0.5, 0.6) is 0 Å². The molecule has 110 valence electrons. The van der Waals surface area contributed by atoms with Crippen molar-refractivity contribution in [3.63, 3.8) is 0 Å². The first-order valence-corrected chi connectivity index (χ1v) is 7.59. The van der Waals surface area contributed by atoms with Crippen LogP contribution in [0.3, 0.4) is 0 Å². The Morgan fingerprint density at radius 2 is 0.778 bits per heavy atom. The predicted octanol–water partition coefficient (Wildman–Crippen LogP) is 6.46. The summed E-state index contributed by atoms with van der Waals surface area (Å²) < 4.78 is 0. The van der Waals surface area contributed by atoms with Gasteiger partial charge in [-0.15, -0.1) is 12.3 Å². The summed E-state index contributed by atoms with van der Waals surface area (Å²) >= 11 is 0. The summed E-state index contributed by atoms with van der Waals surface area (Å²) in [5.74, 6) is 2.52. The van der Waals surface area contributed by atoms with Crippen molar-refractivity contribution in [3.8, 4) is 12.3 Å². The average Bonchev–Trinajstić information content (AvgIpc) is 2.40. The maximum absolute atomic E-state index is 4.89. The van der Waals surface area contributed by atoms with E-state index in [0.717, 1.165) is 12.8 Å². The first kappa shape index (κ1) is 31.0. The summed E-state index contributed by atoms with van der Waals surface area (Å²) in [6.45, 7) is 15.2. The molecule has 0 aliphatic carbocycles. The fourth-order valence-corrected chi connectivity index (χ4v) is 0.144. The minimum absolute atomic E-state index is 0. The molecule has 18 heavy (non-hydrogen) atoms. The molecule has 0 atom stereocenters.